The van der Waals surface area contributed by atoms with Gasteiger partial charge in [-0.25, -0.2) is 0 Å². The Morgan fingerprint density at radius 2 is 2.08 bits per heavy atom. The molecule has 24 heavy (non-hydrogen) atoms. The Morgan fingerprint density at radius 3 is 2.75 bits per heavy atom. The number of fused-ring (bicyclic) bond motifs is 1. The predicted octanol–water partition coefficient (Wildman–Crippen LogP) is 3.34. The molecule has 0 aromatic carbocycles. The summed E-state index contributed by atoms with van der Waals surface area (Å²) in [7, 11) is 0. The first-order valence-electron chi connectivity index (χ1n) is 7.43. The van der Waals surface area contributed by atoms with Gasteiger partial charge in [0.2, 0.25) is 5.82 Å². The molecule has 4 heterocycles. The SMILES string of the molecule is O=[N+]([O-])c1c(N2CCN(Cc3ccc(Cl)s3)CC2)nc2sccn12. The minimum absolute atomic E-state index is 0.0599. The minimum Gasteiger partial charge on any atom is -0.358 e. The van der Waals surface area contributed by atoms with Crippen LogP contribution in [0.4, 0.5) is 11.6 Å². The van der Waals surface area contributed by atoms with Gasteiger partial charge in [-0.1, -0.05) is 22.9 Å². The summed E-state index contributed by atoms with van der Waals surface area (Å²) in [6.45, 7) is 4.01. The number of rotatable bonds is 4. The lowest BCUT2D eigenvalue weighted by molar-refractivity contribution is -0.389. The quantitative estimate of drug-likeness (QED) is 0.510. The first kappa shape index (κ1) is 15.8. The van der Waals surface area contributed by atoms with Gasteiger partial charge in [0.1, 0.15) is 6.20 Å². The van der Waals surface area contributed by atoms with Crippen molar-refractivity contribution < 1.29 is 4.92 Å². The van der Waals surface area contributed by atoms with Crippen LogP contribution < -0.4 is 4.90 Å². The van der Waals surface area contributed by atoms with Crippen molar-refractivity contribution >= 4 is 50.9 Å². The molecule has 126 valence electrons. The van der Waals surface area contributed by atoms with Crippen LogP contribution >= 0.6 is 34.3 Å². The second-order valence-corrected chi connectivity index (χ2v) is 8.21. The summed E-state index contributed by atoms with van der Waals surface area (Å²) in [5.41, 5.74) is 0. The molecule has 0 amide bonds. The molecule has 1 saturated heterocycles. The monoisotopic (exact) mass is 383 g/mol. The maximum atomic E-state index is 11.4. The zero-order valence-corrected chi connectivity index (χ0v) is 15.0. The van der Waals surface area contributed by atoms with Gasteiger partial charge in [0, 0.05) is 43.0 Å². The second kappa shape index (κ2) is 6.32. The average Bonchev–Trinajstić information content (AvgIpc) is 3.23. The summed E-state index contributed by atoms with van der Waals surface area (Å²) in [4.78, 5) is 21.8. The summed E-state index contributed by atoms with van der Waals surface area (Å²) < 4.78 is 2.36. The van der Waals surface area contributed by atoms with Crippen molar-refractivity contribution in [3.8, 4) is 0 Å². The van der Waals surface area contributed by atoms with E-state index in [9.17, 15) is 10.1 Å². The fourth-order valence-corrected chi connectivity index (χ4v) is 4.75. The Bertz CT molecular complexity index is 881. The number of aromatic nitrogens is 2. The van der Waals surface area contributed by atoms with Crippen molar-refractivity contribution in [2.24, 2.45) is 0 Å². The third kappa shape index (κ3) is 2.88. The van der Waals surface area contributed by atoms with E-state index in [0.29, 0.717) is 10.8 Å². The number of thiophene rings is 1. The van der Waals surface area contributed by atoms with Crippen molar-refractivity contribution in [2.75, 3.05) is 31.1 Å². The molecule has 0 atom stereocenters. The van der Waals surface area contributed by atoms with Crippen LogP contribution in [0.25, 0.3) is 4.96 Å². The highest BCUT2D eigenvalue weighted by molar-refractivity contribution is 7.16. The van der Waals surface area contributed by atoms with Crippen LogP contribution in [0.5, 0.6) is 0 Å². The van der Waals surface area contributed by atoms with Gasteiger partial charge < -0.3 is 15.0 Å². The first-order valence-corrected chi connectivity index (χ1v) is 9.50. The normalized spacial score (nSPS) is 16.1. The van der Waals surface area contributed by atoms with Gasteiger partial charge in [0.05, 0.1) is 4.34 Å². The van der Waals surface area contributed by atoms with E-state index < -0.39 is 0 Å². The van der Waals surface area contributed by atoms with Crippen LogP contribution in [0.2, 0.25) is 4.34 Å². The van der Waals surface area contributed by atoms with Crippen molar-refractivity contribution in [3.63, 3.8) is 0 Å². The average molecular weight is 384 g/mol. The van der Waals surface area contributed by atoms with Crippen molar-refractivity contribution in [2.45, 2.75) is 6.54 Å². The number of halogens is 1. The Balaban J connectivity index is 1.48. The van der Waals surface area contributed by atoms with Gasteiger partial charge >= 0.3 is 5.82 Å². The Labute approximate surface area is 150 Å². The van der Waals surface area contributed by atoms with E-state index in [4.69, 9.17) is 11.6 Å². The van der Waals surface area contributed by atoms with Crippen LogP contribution in [0.3, 0.4) is 0 Å². The van der Waals surface area contributed by atoms with E-state index >= 15 is 0 Å². The molecule has 3 aromatic rings. The van der Waals surface area contributed by atoms with Crippen LogP contribution in [-0.4, -0.2) is 45.4 Å². The number of nitrogens with zero attached hydrogens (tertiary/aromatic N) is 5. The summed E-state index contributed by atoms with van der Waals surface area (Å²) in [6.07, 6.45) is 1.70. The highest BCUT2D eigenvalue weighted by Gasteiger charge is 2.30. The molecule has 4 rings (SSSR count). The summed E-state index contributed by atoms with van der Waals surface area (Å²) in [5, 5.41) is 13.3. The van der Waals surface area contributed by atoms with E-state index in [1.54, 1.807) is 21.9 Å². The summed E-state index contributed by atoms with van der Waals surface area (Å²) in [6, 6.07) is 3.96. The maximum Gasteiger partial charge on any atom is 0.373 e. The van der Waals surface area contributed by atoms with Crippen molar-refractivity contribution in [1.29, 1.82) is 0 Å². The zero-order chi connectivity index (χ0) is 16.7. The molecule has 1 aliphatic rings. The molecule has 0 N–H and O–H groups in total. The van der Waals surface area contributed by atoms with Crippen LogP contribution in [0.1, 0.15) is 4.88 Å². The molecular formula is C14H14ClN5O2S2. The predicted molar refractivity (Wildman–Crippen MR) is 96.5 cm³/mol. The maximum absolute atomic E-state index is 11.4. The number of anilines is 1. The van der Waals surface area contributed by atoms with Gasteiger partial charge in [-0.15, -0.1) is 11.3 Å². The van der Waals surface area contributed by atoms with Crippen molar-refractivity contribution in [1.82, 2.24) is 14.3 Å². The van der Waals surface area contributed by atoms with E-state index in [-0.39, 0.29) is 10.7 Å². The van der Waals surface area contributed by atoms with Crippen LogP contribution in [-0.2, 0) is 6.54 Å². The number of thiazole rings is 1. The Morgan fingerprint density at radius 1 is 1.29 bits per heavy atom. The van der Waals surface area contributed by atoms with Crippen LogP contribution in [0.15, 0.2) is 23.7 Å². The molecule has 0 spiro atoms. The molecule has 7 nitrogen and oxygen atoms in total. The third-order valence-corrected chi connectivity index (χ3v) is 6.04. The largest absolute Gasteiger partial charge is 0.373 e. The lowest BCUT2D eigenvalue weighted by atomic mass is 10.3. The standard InChI is InChI=1S/C14H14ClN5O2S2/c15-11-2-1-10(24-11)9-17-3-5-18(6-4-17)12-13(20(21)22)19-7-8-23-14(19)16-12/h1-2,7-8H,3-6,9H2. The number of hydrogen-bond acceptors (Lipinski definition) is 7. The molecule has 3 aromatic heterocycles. The molecule has 0 bridgehead atoms. The number of piperazine rings is 1. The van der Waals surface area contributed by atoms with Crippen LogP contribution in [0, 0.1) is 10.1 Å². The second-order valence-electron chi connectivity index (χ2n) is 5.54. The number of hydrogen-bond donors (Lipinski definition) is 0. The van der Waals surface area contributed by atoms with Crippen molar-refractivity contribution in [3.05, 3.63) is 43.0 Å². The fraction of sp³-hybridized carbons (Fsp3) is 0.357. The molecule has 0 saturated carbocycles. The molecule has 0 radical (unpaired) electrons. The third-order valence-electron chi connectivity index (χ3n) is 4.07. The molecule has 0 unspecified atom stereocenters. The van der Waals surface area contributed by atoms with E-state index in [0.717, 1.165) is 37.1 Å². The molecule has 0 aliphatic carbocycles. The van der Waals surface area contributed by atoms with Gasteiger partial charge in [0.15, 0.2) is 0 Å². The van der Waals surface area contributed by atoms with Gasteiger partial charge in [-0.3, -0.25) is 4.90 Å². The summed E-state index contributed by atoms with van der Waals surface area (Å²) >= 11 is 8.98. The first-order chi connectivity index (χ1) is 11.6. The zero-order valence-electron chi connectivity index (χ0n) is 12.6. The molecule has 10 heteroatoms. The van der Waals surface area contributed by atoms with E-state index in [1.165, 1.54) is 16.2 Å². The highest BCUT2D eigenvalue weighted by Crippen LogP contribution is 2.32. The van der Waals surface area contributed by atoms with Gasteiger partial charge in [-0.05, 0) is 17.1 Å². The highest BCUT2D eigenvalue weighted by atomic mass is 35.5. The topological polar surface area (TPSA) is 66.9 Å². The van der Waals surface area contributed by atoms with Gasteiger partial charge in [0.25, 0.3) is 4.96 Å². The van der Waals surface area contributed by atoms with E-state index in [2.05, 4.69) is 9.88 Å². The smallest absolute Gasteiger partial charge is 0.358 e. The number of imidazole rings is 1. The molecular weight excluding hydrogens is 370 g/mol. The Kier molecular flexibility index (Phi) is 4.17. The summed E-state index contributed by atoms with van der Waals surface area (Å²) in [5.74, 6) is 0.537. The lowest BCUT2D eigenvalue weighted by Crippen LogP contribution is -2.46. The fourth-order valence-electron chi connectivity index (χ4n) is 2.92. The van der Waals surface area contributed by atoms with Gasteiger partial charge in [-0.2, -0.15) is 9.38 Å². The Hall–Kier alpha value is -1.68. The lowest BCUT2D eigenvalue weighted by Gasteiger charge is -2.34. The molecule has 1 fully saturated rings. The minimum atomic E-state index is -0.345. The van der Waals surface area contributed by atoms with E-state index in [1.807, 2.05) is 22.4 Å². The molecule has 1 aliphatic heterocycles. The number of nitro groups is 1.